The van der Waals surface area contributed by atoms with Gasteiger partial charge in [0.15, 0.2) is 5.82 Å². The van der Waals surface area contributed by atoms with Crippen LogP contribution in [0.5, 0.6) is 0 Å². The Labute approximate surface area is 128 Å². The first-order valence-corrected chi connectivity index (χ1v) is 7.33. The van der Waals surface area contributed by atoms with Gasteiger partial charge in [0.1, 0.15) is 5.69 Å². The molecule has 1 unspecified atom stereocenters. The quantitative estimate of drug-likeness (QED) is 0.777. The van der Waals surface area contributed by atoms with E-state index >= 15 is 0 Å². The fraction of sp³-hybridized carbons (Fsp3) is 0.235. The lowest BCUT2D eigenvalue weighted by atomic mass is 10.00. The molecule has 0 radical (unpaired) electrons. The zero-order valence-corrected chi connectivity index (χ0v) is 12.6. The fourth-order valence-electron chi connectivity index (χ4n) is 2.56. The number of fused-ring (bicyclic) bond motifs is 1. The summed E-state index contributed by atoms with van der Waals surface area (Å²) in [6.07, 6.45) is 0.643. The van der Waals surface area contributed by atoms with E-state index in [2.05, 4.69) is 28.2 Å². The summed E-state index contributed by atoms with van der Waals surface area (Å²) < 4.78 is 0. The van der Waals surface area contributed by atoms with Gasteiger partial charge in [-0.3, -0.25) is 4.79 Å². The van der Waals surface area contributed by atoms with Gasteiger partial charge in [-0.2, -0.15) is 0 Å². The Balaban J connectivity index is 2.19. The molecule has 1 atom stereocenters. The third kappa shape index (κ3) is 2.40. The van der Waals surface area contributed by atoms with Crippen molar-refractivity contribution in [3.8, 4) is 11.4 Å². The molecule has 0 spiro atoms. The number of hydrogen-bond acceptors (Lipinski definition) is 4. The molecule has 22 heavy (non-hydrogen) atoms. The second-order valence-corrected chi connectivity index (χ2v) is 5.38. The maximum atomic E-state index is 12.2. The average Bonchev–Trinajstić information content (AvgIpc) is 2.55. The summed E-state index contributed by atoms with van der Waals surface area (Å²) in [5.74, 6) is 0.466. The normalized spacial score (nSPS) is 12.5. The van der Waals surface area contributed by atoms with Crippen molar-refractivity contribution in [3.63, 3.8) is 0 Å². The van der Waals surface area contributed by atoms with Crippen LogP contribution in [0.1, 0.15) is 30.6 Å². The SMILES string of the molecule is CCC(N)c1nnc(-c2ccc(C)c3ccccc23)[nH]c1=O. The van der Waals surface area contributed by atoms with Crippen LogP contribution in [-0.4, -0.2) is 15.2 Å². The lowest BCUT2D eigenvalue weighted by Crippen LogP contribution is -2.25. The third-order valence-electron chi connectivity index (χ3n) is 3.91. The van der Waals surface area contributed by atoms with Crippen molar-refractivity contribution >= 4 is 10.8 Å². The monoisotopic (exact) mass is 294 g/mol. The van der Waals surface area contributed by atoms with Gasteiger partial charge in [0.2, 0.25) is 0 Å². The maximum Gasteiger partial charge on any atom is 0.274 e. The predicted molar refractivity (Wildman–Crippen MR) is 87.6 cm³/mol. The van der Waals surface area contributed by atoms with E-state index in [0.29, 0.717) is 12.2 Å². The molecule has 5 nitrogen and oxygen atoms in total. The van der Waals surface area contributed by atoms with Gasteiger partial charge in [-0.25, -0.2) is 0 Å². The molecule has 0 bridgehead atoms. The minimum absolute atomic E-state index is 0.274. The zero-order chi connectivity index (χ0) is 15.7. The van der Waals surface area contributed by atoms with Crippen molar-refractivity contribution in [3.05, 3.63) is 58.0 Å². The molecule has 112 valence electrons. The highest BCUT2D eigenvalue weighted by Crippen LogP contribution is 2.27. The van der Waals surface area contributed by atoms with E-state index < -0.39 is 0 Å². The van der Waals surface area contributed by atoms with Crippen molar-refractivity contribution < 1.29 is 0 Å². The van der Waals surface area contributed by atoms with E-state index in [1.165, 1.54) is 5.56 Å². The number of nitrogens with two attached hydrogens (primary N) is 1. The molecule has 1 heterocycles. The molecule has 0 amide bonds. The number of aromatic amines is 1. The molecule has 0 aliphatic carbocycles. The van der Waals surface area contributed by atoms with Gasteiger partial charge in [0.05, 0.1) is 6.04 Å². The van der Waals surface area contributed by atoms with E-state index in [1.807, 2.05) is 37.3 Å². The molecule has 0 aliphatic heterocycles. The van der Waals surface area contributed by atoms with Crippen molar-refractivity contribution in [2.75, 3.05) is 0 Å². The summed E-state index contributed by atoms with van der Waals surface area (Å²) in [6.45, 7) is 3.97. The summed E-state index contributed by atoms with van der Waals surface area (Å²) in [5, 5.41) is 10.4. The van der Waals surface area contributed by atoms with Crippen LogP contribution in [0.3, 0.4) is 0 Å². The number of aryl methyl sites for hydroxylation is 1. The first-order chi connectivity index (χ1) is 10.6. The molecule has 5 heteroatoms. The number of aromatic nitrogens is 3. The van der Waals surface area contributed by atoms with Gasteiger partial charge >= 0.3 is 0 Å². The van der Waals surface area contributed by atoms with Crippen molar-refractivity contribution in [2.24, 2.45) is 5.73 Å². The average molecular weight is 294 g/mol. The maximum absolute atomic E-state index is 12.2. The van der Waals surface area contributed by atoms with Gasteiger partial charge in [0, 0.05) is 5.56 Å². The van der Waals surface area contributed by atoms with E-state index in [9.17, 15) is 4.79 Å². The predicted octanol–water partition coefficient (Wildman–Crippen LogP) is 2.70. The van der Waals surface area contributed by atoms with Crippen LogP contribution in [0.2, 0.25) is 0 Å². The van der Waals surface area contributed by atoms with E-state index in [1.54, 1.807) is 0 Å². The van der Waals surface area contributed by atoms with Crippen molar-refractivity contribution in [1.29, 1.82) is 0 Å². The largest absolute Gasteiger partial charge is 0.322 e. The Hall–Kier alpha value is -2.53. The summed E-state index contributed by atoms with van der Waals surface area (Å²) in [5.41, 5.74) is 7.92. The second-order valence-electron chi connectivity index (χ2n) is 5.38. The van der Waals surface area contributed by atoms with Crippen LogP contribution in [-0.2, 0) is 0 Å². The van der Waals surface area contributed by atoms with Crippen molar-refractivity contribution in [2.45, 2.75) is 26.3 Å². The molecule has 0 aliphatic rings. The summed E-state index contributed by atoms with van der Waals surface area (Å²) in [6, 6.07) is 11.6. The molecule has 3 rings (SSSR count). The Morgan fingerprint density at radius 2 is 1.86 bits per heavy atom. The van der Waals surface area contributed by atoms with Gasteiger partial charge in [-0.1, -0.05) is 43.3 Å². The number of nitrogens with zero attached hydrogens (tertiary/aromatic N) is 2. The Bertz CT molecular complexity index is 885. The van der Waals surface area contributed by atoms with Crippen molar-refractivity contribution in [1.82, 2.24) is 15.2 Å². The van der Waals surface area contributed by atoms with E-state index in [-0.39, 0.29) is 17.3 Å². The molecule has 0 saturated carbocycles. The lowest BCUT2D eigenvalue weighted by Gasteiger charge is -2.10. The second kappa shape index (κ2) is 5.69. The molecule has 3 N–H and O–H groups in total. The minimum Gasteiger partial charge on any atom is -0.322 e. The fourth-order valence-corrected chi connectivity index (χ4v) is 2.56. The molecular formula is C17H18N4O. The van der Waals surface area contributed by atoms with Crippen LogP contribution in [0.15, 0.2) is 41.2 Å². The molecule has 1 aromatic heterocycles. The zero-order valence-electron chi connectivity index (χ0n) is 12.6. The molecule has 0 fully saturated rings. The van der Waals surface area contributed by atoms with E-state index in [4.69, 9.17) is 5.73 Å². The first-order valence-electron chi connectivity index (χ1n) is 7.33. The summed E-state index contributed by atoms with van der Waals surface area (Å²) in [7, 11) is 0. The summed E-state index contributed by atoms with van der Waals surface area (Å²) in [4.78, 5) is 15.0. The smallest absolute Gasteiger partial charge is 0.274 e. The Morgan fingerprint density at radius 3 is 2.55 bits per heavy atom. The number of H-pyrrole nitrogens is 1. The number of hydrogen-bond donors (Lipinski definition) is 2. The van der Waals surface area contributed by atoms with Crippen LogP contribution in [0.25, 0.3) is 22.2 Å². The highest BCUT2D eigenvalue weighted by molar-refractivity contribution is 5.96. The number of nitrogens with one attached hydrogen (secondary N) is 1. The Morgan fingerprint density at radius 1 is 1.14 bits per heavy atom. The van der Waals surface area contributed by atoms with Crippen LogP contribution >= 0.6 is 0 Å². The summed E-state index contributed by atoms with van der Waals surface area (Å²) >= 11 is 0. The van der Waals surface area contributed by atoms with Gasteiger partial charge < -0.3 is 10.7 Å². The number of benzene rings is 2. The van der Waals surface area contributed by atoms with Gasteiger partial charge in [-0.05, 0) is 29.7 Å². The highest BCUT2D eigenvalue weighted by Gasteiger charge is 2.14. The van der Waals surface area contributed by atoms with E-state index in [0.717, 1.165) is 16.3 Å². The topological polar surface area (TPSA) is 84.7 Å². The highest BCUT2D eigenvalue weighted by atomic mass is 16.1. The van der Waals surface area contributed by atoms with Crippen LogP contribution in [0.4, 0.5) is 0 Å². The minimum atomic E-state index is -0.389. The van der Waals surface area contributed by atoms with Gasteiger partial charge in [-0.15, -0.1) is 10.2 Å². The van der Waals surface area contributed by atoms with Crippen LogP contribution in [0, 0.1) is 6.92 Å². The van der Waals surface area contributed by atoms with Gasteiger partial charge in [0.25, 0.3) is 5.56 Å². The number of rotatable bonds is 3. The lowest BCUT2D eigenvalue weighted by molar-refractivity contribution is 0.645. The molecule has 2 aromatic carbocycles. The first kappa shape index (κ1) is 14.4. The van der Waals surface area contributed by atoms with Crippen LogP contribution < -0.4 is 11.3 Å². The molecule has 3 aromatic rings. The standard InChI is InChI=1S/C17H18N4O/c1-3-14(18)15-17(22)19-16(21-20-15)13-9-8-10(2)11-6-4-5-7-12(11)13/h4-9,14H,3,18H2,1-2H3,(H,19,21,22). The molecular weight excluding hydrogens is 276 g/mol. The molecule has 0 saturated heterocycles. The third-order valence-corrected chi connectivity index (χ3v) is 3.91. The Kier molecular flexibility index (Phi) is 3.73.